The first-order chi connectivity index (χ1) is 6.75. The van der Waals surface area contributed by atoms with E-state index in [0.717, 1.165) is 19.6 Å². The lowest BCUT2D eigenvalue weighted by Gasteiger charge is -2.35. The topological polar surface area (TPSA) is 24.5 Å². The van der Waals surface area contributed by atoms with Crippen LogP contribution in [0.2, 0.25) is 0 Å². The van der Waals surface area contributed by atoms with E-state index in [2.05, 4.69) is 24.1 Å². The largest absolute Gasteiger partial charge is 0.374 e. The van der Waals surface area contributed by atoms with Gasteiger partial charge in [-0.2, -0.15) is 0 Å². The van der Waals surface area contributed by atoms with E-state index in [4.69, 9.17) is 4.74 Å². The Bertz CT molecular complexity index is 186. The highest BCUT2D eigenvalue weighted by Crippen LogP contribution is 2.20. The molecule has 0 amide bonds. The predicted molar refractivity (Wildman–Crippen MR) is 57.5 cm³/mol. The summed E-state index contributed by atoms with van der Waals surface area (Å²) in [5.41, 5.74) is 0. The zero-order valence-electron chi connectivity index (χ0n) is 9.33. The minimum Gasteiger partial charge on any atom is -0.374 e. The van der Waals surface area contributed by atoms with Gasteiger partial charge in [-0.15, -0.1) is 0 Å². The van der Waals surface area contributed by atoms with E-state index in [1.54, 1.807) is 0 Å². The highest BCUT2D eigenvalue weighted by molar-refractivity contribution is 4.81. The summed E-state index contributed by atoms with van der Waals surface area (Å²) in [6.07, 6.45) is 3.46. The van der Waals surface area contributed by atoms with Crippen molar-refractivity contribution in [1.29, 1.82) is 0 Å². The molecule has 3 atom stereocenters. The quantitative estimate of drug-likeness (QED) is 0.712. The van der Waals surface area contributed by atoms with E-state index < -0.39 is 0 Å². The van der Waals surface area contributed by atoms with Gasteiger partial charge in [-0.1, -0.05) is 0 Å². The molecular weight excluding hydrogens is 176 g/mol. The smallest absolute Gasteiger partial charge is 0.0706 e. The molecule has 3 nitrogen and oxygen atoms in total. The third-order valence-corrected chi connectivity index (χ3v) is 3.40. The van der Waals surface area contributed by atoms with Crippen molar-refractivity contribution in [1.82, 2.24) is 10.2 Å². The third kappa shape index (κ3) is 2.47. The maximum absolute atomic E-state index is 5.85. The van der Waals surface area contributed by atoms with Gasteiger partial charge in [0.1, 0.15) is 0 Å². The standard InChI is InChI=1S/C11H22N2O/c1-9-7-12-5-6-13(9)8-11-4-3-10(2)14-11/h9-12H,3-8H2,1-2H3/t9-,10?,11?/m0/s1. The fraction of sp³-hybridized carbons (Fsp3) is 1.00. The van der Waals surface area contributed by atoms with E-state index in [-0.39, 0.29) is 0 Å². The van der Waals surface area contributed by atoms with Crippen LogP contribution in [0.25, 0.3) is 0 Å². The van der Waals surface area contributed by atoms with Crippen molar-refractivity contribution in [3.8, 4) is 0 Å². The second-order valence-electron chi connectivity index (χ2n) is 4.69. The van der Waals surface area contributed by atoms with Crippen LogP contribution in [0.15, 0.2) is 0 Å². The fourth-order valence-electron chi connectivity index (χ4n) is 2.44. The maximum atomic E-state index is 5.85. The molecule has 0 aromatic rings. The van der Waals surface area contributed by atoms with Gasteiger partial charge in [0.15, 0.2) is 0 Å². The molecule has 1 N–H and O–H groups in total. The van der Waals surface area contributed by atoms with Crippen molar-refractivity contribution < 1.29 is 4.74 Å². The van der Waals surface area contributed by atoms with E-state index in [9.17, 15) is 0 Å². The Balaban J connectivity index is 1.78. The average molecular weight is 198 g/mol. The number of nitrogens with zero attached hydrogens (tertiary/aromatic N) is 1. The second-order valence-corrected chi connectivity index (χ2v) is 4.69. The highest BCUT2D eigenvalue weighted by atomic mass is 16.5. The lowest BCUT2D eigenvalue weighted by atomic mass is 10.1. The van der Waals surface area contributed by atoms with Gasteiger partial charge in [0.05, 0.1) is 12.2 Å². The summed E-state index contributed by atoms with van der Waals surface area (Å²) in [5.74, 6) is 0. The number of hydrogen-bond donors (Lipinski definition) is 1. The highest BCUT2D eigenvalue weighted by Gasteiger charge is 2.26. The van der Waals surface area contributed by atoms with Crippen LogP contribution in [0, 0.1) is 0 Å². The molecule has 0 bridgehead atoms. The summed E-state index contributed by atoms with van der Waals surface area (Å²) in [4.78, 5) is 2.55. The SMILES string of the molecule is CC1CCC(CN2CCNC[C@@H]2C)O1. The Morgan fingerprint density at radius 1 is 1.36 bits per heavy atom. The minimum atomic E-state index is 0.484. The van der Waals surface area contributed by atoms with Crippen molar-refractivity contribution in [3.05, 3.63) is 0 Å². The third-order valence-electron chi connectivity index (χ3n) is 3.40. The van der Waals surface area contributed by atoms with Crippen LogP contribution < -0.4 is 5.32 Å². The lowest BCUT2D eigenvalue weighted by molar-refractivity contribution is 0.0188. The zero-order chi connectivity index (χ0) is 9.97. The molecule has 2 rings (SSSR count). The predicted octanol–water partition coefficient (Wildman–Crippen LogP) is 0.848. The van der Waals surface area contributed by atoms with E-state index >= 15 is 0 Å². The van der Waals surface area contributed by atoms with Gasteiger partial charge in [0, 0.05) is 32.2 Å². The molecular formula is C11H22N2O. The van der Waals surface area contributed by atoms with Gasteiger partial charge in [0.2, 0.25) is 0 Å². The Kier molecular flexibility index (Phi) is 3.42. The molecule has 14 heavy (non-hydrogen) atoms. The molecule has 2 unspecified atom stereocenters. The Labute approximate surface area is 86.8 Å². The molecule has 0 aliphatic carbocycles. The number of hydrogen-bond acceptors (Lipinski definition) is 3. The van der Waals surface area contributed by atoms with E-state index in [1.165, 1.54) is 19.4 Å². The van der Waals surface area contributed by atoms with Crippen molar-refractivity contribution in [3.63, 3.8) is 0 Å². The lowest BCUT2D eigenvalue weighted by Crippen LogP contribution is -2.51. The number of nitrogens with one attached hydrogen (secondary N) is 1. The molecule has 0 aromatic heterocycles. The molecule has 82 valence electrons. The maximum Gasteiger partial charge on any atom is 0.0706 e. The number of piperazine rings is 1. The van der Waals surface area contributed by atoms with Gasteiger partial charge in [-0.25, -0.2) is 0 Å². The van der Waals surface area contributed by atoms with Crippen LogP contribution in [0.1, 0.15) is 26.7 Å². The van der Waals surface area contributed by atoms with Gasteiger partial charge in [-0.05, 0) is 26.7 Å². The zero-order valence-corrected chi connectivity index (χ0v) is 9.33. The molecule has 2 aliphatic heterocycles. The van der Waals surface area contributed by atoms with Gasteiger partial charge in [0.25, 0.3) is 0 Å². The summed E-state index contributed by atoms with van der Waals surface area (Å²) in [6, 6.07) is 0.670. The number of ether oxygens (including phenoxy) is 1. The van der Waals surface area contributed by atoms with Crippen LogP contribution >= 0.6 is 0 Å². The Hall–Kier alpha value is -0.120. The molecule has 2 saturated heterocycles. The first-order valence-corrected chi connectivity index (χ1v) is 5.86. The van der Waals surface area contributed by atoms with E-state index in [1.807, 2.05) is 0 Å². The molecule has 0 spiro atoms. The van der Waals surface area contributed by atoms with Crippen molar-refractivity contribution >= 4 is 0 Å². The van der Waals surface area contributed by atoms with Crippen molar-refractivity contribution in [2.45, 2.75) is 44.9 Å². The van der Waals surface area contributed by atoms with Gasteiger partial charge in [-0.3, -0.25) is 4.90 Å². The summed E-state index contributed by atoms with van der Waals surface area (Å²) in [6.45, 7) is 9.04. The van der Waals surface area contributed by atoms with Crippen LogP contribution in [-0.2, 0) is 4.74 Å². The molecule has 0 radical (unpaired) electrons. The normalized spacial score (nSPS) is 40.3. The first kappa shape index (κ1) is 10.4. The molecule has 2 fully saturated rings. The summed E-state index contributed by atoms with van der Waals surface area (Å²) < 4.78 is 5.85. The molecule has 0 aromatic carbocycles. The Morgan fingerprint density at radius 2 is 2.21 bits per heavy atom. The summed E-state index contributed by atoms with van der Waals surface area (Å²) in [7, 11) is 0. The molecule has 2 aliphatic rings. The van der Waals surface area contributed by atoms with E-state index in [0.29, 0.717) is 18.2 Å². The minimum absolute atomic E-state index is 0.484. The first-order valence-electron chi connectivity index (χ1n) is 5.86. The van der Waals surface area contributed by atoms with Gasteiger partial charge >= 0.3 is 0 Å². The van der Waals surface area contributed by atoms with Crippen LogP contribution in [0.4, 0.5) is 0 Å². The second kappa shape index (κ2) is 4.60. The average Bonchev–Trinajstić information content (AvgIpc) is 2.56. The van der Waals surface area contributed by atoms with Gasteiger partial charge < -0.3 is 10.1 Å². The number of rotatable bonds is 2. The molecule has 0 saturated carbocycles. The molecule has 3 heteroatoms. The van der Waals surface area contributed by atoms with Crippen LogP contribution in [0.3, 0.4) is 0 Å². The summed E-state index contributed by atoms with van der Waals surface area (Å²) in [5, 5.41) is 3.42. The Morgan fingerprint density at radius 3 is 2.86 bits per heavy atom. The van der Waals surface area contributed by atoms with Crippen molar-refractivity contribution in [2.75, 3.05) is 26.2 Å². The van der Waals surface area contributed by atoms with Crippen LogP contribution in [-0.4, -0.2) is 49.3 Å². The summed E-state index contributed by atoms with van der Waals surface area (Å²) >= 11 is 0. The molecule has 2 heterocycles. The van der Waals surface area contributed by atoms with Crippen molar-refractivity contribution in [2.24, 2.45) is 0 Å². The van der Waals surface area contributed by atoms with Crippen LogP contribution in [0.5, 0.6) is 0 Å². The monoisotopic (exact) mass is 198 g/mol. The fourth-order valence-corrected chi connectivity index (χ4v) is 2.44.